The average Bonchev–Trinajstić information content (AvgIpc) is 3.30. The molecule has 206 valence electrons. The summed E-state index contributed by atoms with van der Waals surface area (Å²) in [5, 5.41) is 16.0. The van der Waals surface area contributed by atoms with Gasteiger partial charge >= 0.3 is 5.97 Å². The summed E-state index contributed by atoms with van der Waals surface area (Å²) in [6.07, 6.45) is 2.48. The molecule has 9 nitrogen and oxygen atoms in total. The third-order valence-electron chi connectivity index (χ3n) is 7.87. The number of esters is 1. The first kappa shape index (κ1) is 27.0. The molecule has 2 aliphatic rings. The molecule has 0 aliphatic carbocycles. The Hall–Kier alpha value is -3.63. The normalized spacial score (nSPS) is 18.0. The number of carbonyl (C=O) groups is 1. The maximum atomic E-state index is 14.6. The summed E-state index contributed by atoms with van der Waals surface area (Å²) in [4.78, 5) is 38.6. The number of benzene rings is 1. The van der Waals surface area contributed by atoms with Gasteiger partial charge in [-0.25, -0.2) is 14.2 Å². The molecule has 1 aromatic carbocycles. The monoisotopic (exact) mass is 536 g/mol. The number of aryl methyl sites for hydroxylation is 1. The zero-order valence-electron chi connectivity index (χ0n) is 22.7. The molecule has 0 bridgehead atoms. The van der Waals surface area contributed by atoms with Crippen molar-refractivity contribution in [3.8, 4) is 11.4 Å². The Labute approximate surface area is 225 Å². The van der Waals surface area contributed by atoms with Crippen LogP contribution >= 0.6 is 0 Å². The van der Waals surface area contributed by atoms with Crippen molar-refractivity contribution in [1.29, 1.82) is 0 Å². The zero-order chi connectivity index (χ0) is 27.9. The molecule has 0 unspecified atom stereocenters. The molecule has 3 aromatic rings. The Morgan fingerprint density at radius 3 is 2.72 bits per heavy atom. The maximum Gasteiger partial charge on any atom is 0.343 e. The number of hydrogen-bond acceptors (Lipinski definition) is 8. The maximum absolute atomic E-state index is 14.6. The number of rotatable bonds is 9. The van der Waals surface area contributed by atoms with Gasteiger partial charge in [-0.1, -0.05) is 25.9 Å². The minimum Gasteiger partial charge on any atom is -0.458 e. The number of cyclic esters (lactones) is 1. The second-order valence-corrected chi connectivity index (χ2v) is 10.0. The zero-order valence-corrected chi connectivity index (χ0v) is 22.7. The van der Waals surface area contributed by atoms with Gasteiger partial charge in [0.2, 0.25) is 0 Å². The number of carbonyl (C=O) groups excluding carboxylic acids is 1. The van der Waals surface area contributed by atoms with E-state index in [9.17, 15) is 19.1 Å². The lowest BCUT2D eigenvalue weighted by molar-refractivity contribution is -0.172. The Bertz CT molecular complexity index is 1550. The number of aliphatic hydroxyl groups is 1. The van der Waals surface area contributed by atoms with Gasteiger partial charge in [-0.3, -0.25) is 4.79 Å². The molecule has 2 aromatic heterocycles. The van der Waals surface area contributed by atoms with Crippen LogP contribution in [-0.2, 0) is 33.1 Å². The number of nitrogens with zero attached hydrogens (tertiary/aromatic N) is 4. The molecule has 2 aliphatic heterocycles. The van der Waals surface area contributed by atoms with E-state index in [4.69, 9.17) is 14.6 Å². The van der Waals surface area contributed by atoms with E-state index in [1.54, 1.807) is 36.8 Å². The number of halogens is 1. The first-order valence-electron chi connectivity index (χ1n) is 13.4. The lowest BCUT2D eigenvalue weighted by Gasteiger charge is -2.31. The molecular weight excluding hydrogens is 503 g/mol. The van der Waals surface area contributed by atoms with Crippen LogP contribution in [0.2, 0.25) is 0 Å². The summed E-state index contributed by atoms with van der Waals surface area (Å²) in [5.41, 5.74) is 1.41. The third kappa shape index (κ3) is 4.51. The number of ether oxygens (including phenoxy) is 1. The van der Waals surface area contributed by atoms with Crippen LogP contribution in [0.15, 0.2) is 28.1 Å². The van der Waals surface area contributed by atoms with E-state index in [2.05, 4.69) is 23.9 Å². The van der Waals surface area contributed by atoms with Gasteiger partial charge in [0.25, 0.3) is 5.56 Å². The van der Waals surface area contributed by atoms with Crippen LogP contribution in [0.25, 0.3) is 22.3 Å². The van der Waals surface area contributed by atoms with Crippen molar-refractivity contribution in [3.05, 3.63) is 62.2 Å². The van der Waals surface area contributed by atoms with Gasteiger partial charge in [-0.15, -0.1) is 0 Å². The molecule has 5 rings (SSSR count). The fourth-order valence-electron chi connectivity index (χ4n) is 5.42. The van der Waals surface area contributed by atoms with Crippen LogP contribution in [-0.4, -0.2) is 58.0 Å². The van der Waals surface area contributed by atoms with Crippen molar-refractivity contribution >= 4 is 23.1 Å². The molecule has 4 heterocycles. The standard InChI is InChI=1S/C29H33FN4O5/c1-5-29(37)22-12-25-26-20(15-34(25)27(35)21(22)16-38-28(29)36)19(14-31-39-10-8-9-33(6-2)7-3)18-11-17(4)23(30)13-24(18)32-26/h11-14,37H,5-10,15-16H2,1-4H3/b31-14+/t29-/m0/s1. The number of hydrogen-bond donors (Lipinski definition) is 1. The summed E-state index contributed by atoms with van der Waals surface area (Å²) >= 11 is 0. The van der Waals surface area contributed by atoms with Crippen LogP contribution in [0, 0.1) is 12.7 Å². The molecule has 1 atom stereocenters. The highest BCUT2D eigenvalue weighted by atomic mass is 19.1. The van der Waals surface area contributed by atoms with Gasteiger partial charge < -0.3 is 24.1 Å². The molecule has 0 spiro atoms. The summed E-state index contributed by atoms with van der Waals surface area (Å²) in [5.74, 6) is -1.18. The van der Waals surface area contributed by atoms with Crippen LogP contribution < -0.4 is 5.56 Å². The first-order chi connectivity index (χ1) is 18.7. The molecular formula is C29H33FN4O5. The minimum absolute atomic E-state index is 0.0493. The molecule has 0 fully saturated rings. The number of pyridine rings is 2. The minimum atomic E-state index is -1.92. The molecule has 1 N–H and O–H groups in total. The summed E-state index contributed by atoms with van der Waals surface area (Å²) < 4.78 is 21.3. The Morgan fingerprint density at radius 1 is 1.23 bits per heavy atom. The largest absolute Gasteiger partial charge is 0.458 e. The number of fused-ring (bicyclic) bond motifs is 5. The first-order valence-corrected chi connectivity index (χ1v) is 13.4. The highest BCUT2D eigenvalue weighted by molar-refractivity contribution is 6.02. The predicted octanol–water partition coefficient (Wildman–Crippen LogP) is 3.61. The van der Waals surface area contributed by atoms with E-state index in [0.29, 0.717) is 40.0 Å². The van der Waals surface area contributed by atoms with Gasteiger partial charge in [-0.05, 0) is 50.6 Å². The van der Waals surface area contributed by atoms with E-state index < -0.39 is 17.4 Å². The van der Waals surface area contributed by atoms with E-state index in [1.165, 1.54) is 6.07 Å². The summed E-state index contributed by atoms with van der Waals surface area (Å²) in [6.45, 7) is 10.9. The molecule has 0 saturated heterocycles. The average molecular weight is 537 g/mol. The van der Waals surface area contributed by atoms with Crippen LogP contribution in [0.4, 0.5) is 4.39 Å². The van der Waals surface area contributed by atoms with Gasteiger partial charge in [0.1, 0.15) is 19.0 Å². The van der Waals surface area contributed by atoms with E-state index in [0.717, 1.165) is 31.6 Å². The predicted molar refractivity (Wildman–Crippen MR) is 145 cm³/mol. The molecule has 39 heavy (non-hydrogen) atoms. The van der Waals surface area contributed by atoms with Gasteiger partial charge in [0, 0.05) is 34.7 Å². The highest BCUT2D eigenvalue weighted by Gasteiger charge is 2.45. The van der Waals surface area contributed by atoms with Crippen molar-refractivity contribution in [1.82, 2.24) is 14.5 Å². The second-order valence-electron chi connectivity index (χ2n) is 10.0. The summed E-state index contributed by atoms with van der Waals surface area (Å²) in [6, 6.07) is 4.73. The van der Waals surface area contributed by atoms with Crippen LogP contribution in [0.1, 0.15) is 61.4 Å². The Morgan fingerprint density at radius 2 is 2.00 bits per heavy atom. The SMILES string of the molecule is CCN(CC)CCCO/N=C/c1c2c(nc3cc(F)c(C)cc13)-c1cc3c(c(=O)n1C2)COC(=O)[C@]3(O)CC. The molecule has 0 radical (unpaired) electrons. The van der Waals surface area contributed by atoms with E-state index in [-0.39, 0.29) is 36.3 Å². The quantitative estimate of drug-likeness (QED) is 0.151. The molecule has 10 heteroatoms. The highest BCUT2D eigenvalue weighted by Crippen LogP contribution is 2.40. The smallest absolute Gasteiger partial charge is 0.343 e. The topological polar surface area (TPSA) is 106 Å². The van der Waals surface area contributed by atoms with Gasteiger partial charge in [-0.2, -0.15) is 0 Å². The number of oxime groups is 1. The molecule has 0 amide bonds. The van der Waals surface area contributed by atoms with E-state index >= 15 is 0 Å². The lowest BCUT2D eigenvalue weighted by Crippen LogP contribution is -2.44. The van der Waals surface area contributed by atoms with Crippen molar-refractivity contribution in [2.24, 2.45) is 5.16 Å². The fraction of sp³-hybridized carbons (Fsp3) is 0.448. The van der Waals surface area contributed by atoms with Crippen molar-refractivity contribution < 1.29 is 23.9 Å². The van der Waals surface area contributed by atoms with E-state index in [1.807, 2.05) is 0 Å². The van der Waals surface area contributed by atoms with Gasteiger partial charge in [0.15, 0.2) is 5.60 Å². The second kappa shape index (κ2) is 10.5. The lowest BCUT2D eigenvalue weighted by atomic mass is 9.86. The Kier molecular flexibility index (Phi) is 7.26. The van der Waals surface area contributed by atoms with Crippen molar-refractivity contribution in [2.45, 2.75) is 59.3 Å². The van der Waals surface area contributed by atoms with Gasteiger partial charge in [0.05, 0.1) is 35.2 Å². The van der Waals surface area contributed by atoms with Crippen molar-refractivity contribution in [2.75, 3.05) is 26.2 Å². The van der Waals surface area contributed by atoms with Crippen LogP contribution in [0.3, 0.4) is 0 Å². The summed E-state index contributed by atoms with van der Waals surface area (Å²) in [7, 11) is 0. The third-order valence-corrected chi connectivity index (χ3v) is 7.87. The fourth-order valence-corrected chi connectivity index (χ4v) is 5.42. The Balaban J connectivity index is 1.58. The molecule has 0 saturated carbocycles. The van der Waals surface area contributed by atoms with Crippen molar-refractivity contribution in [3.63, 3.8) is 0 Å². The number of aromatic nitrogens is 2. The van der Waals surface area contributed by atoms with Crippen LogP contribution in [0.5, 0.6) is 0 Å².